The third-order valence-corrected chi connectivity index (χ3v) is 3.76. The molecule has 0 amide bonds. The second-order valence-electron chi connectivity index (χ2n) is 5.31. The van der Waals surface area contributed by atoms with Gasteiger partial charge in [-0.3, -0.25) is 4.79 Å². The minimum Gasteiger partial charge on any atom is -0.508 e. The van der Waals surface area contributed by atoms with E-state index in [0.29, 0.717) is 19.5 Å². The first kappa shape index (κ1) is 14.2. The highest BCUT2D eigenvalue weighted by molar-refractivity contribution is 5.86. The summed E-state index contributed by atoms with van der Waals surface area (Å²) in [6, 6.07) is 13.7. The van der Waals surface area contributed by atoms with Crippen LogP contribution in [-0.2, 0) is 16.0 Å². The molecule has 112 valence electrons. The van der Waals surface area contributed by atoms with Crippen molar-refractivity contribution in [2.24, 2.45) is 0 Å². The summed E-state index contributed by atoms with van der Waals surface area (Å²) in [5, 5.41) is 10.6. The van der Waals surface area contributed by atoms with Crippen LogP contribution in [0.3, 0.4) is 0 Å². The average molecular weight is 295 g/mol. The third-order valence-electron chi connectivity index (χ3n) is 3.76. The predicted octanol–water partition coefficient (Wildman–Crippen LogP) is 3.56. The zero-order chi connectivity index (χ0) is 15.5. The van der Waals surface area contributed by atoms with Crippen molar-refractivity contribution in [1.82, 2.24) is 4.98 Å². The van der Waals surface area contributed by atoms with Gasteiger partial charge in [-0.15, -0.1) is 0 Å². The van der Waals surface area contributed by atoms with Gasteiger partial charge in [0, 0.05) is 17.6 Å². The number of carbonyl (C=O) groups is 1. The lowest BCUT2D eigenvalue weighted by atomic mass is 9.99. The number of ether oxygens (including phenoxy) is 1. The van der Waals surface area contributed by atoms with Gasteiger partial charge in [0.2, 0.25) is 0 Å². The van der Waals surface area contributed by atoms with E-state index < -0.39 is 0 Å². The summed E-state index contributed by atoms with van der Waals surface area (Å²) in [5.41, 5.74) is 5.32. The van der Waals surface area contributed by atoms with E-state index in [2.05, 4.69) is 29.2 Å². The lowest BCUT2D eigenvalue weighted by molar-refractivity contribution is -0.128. The zero-order valence-corrected chi connectivity index (χ0v) is 12.3. The molecule has 2 aromatic carbocycles. The minimum absolute atomic E-state index is 0.277. The summed E-state index contributed by atoms with van der Waals surface area (Å²) >= 11 is 0. The van der Waals surface area contributed by atoms with Crippen molar-refractivity contribution in [2.45, 2.75) is 13.3 Å². The van der Waals surface area contributed by atoms with Crippen LogP contribution < -0.4 is 0 Å². The van der Waals surface area contributed by atoms with Crippen LogP contribution in [-0.4, -0.2) is 23.2 Å². The molecule has 0 saturated heterocycles. The Morgan fingerprint density at radius 3 is 2.82 bits per heavy atom. The molecule has 0 unspecified atom stereocenters. The van der Waals surface area contributed by atoms with Crippen LogP contribution in [0, 0.1) is 6.92 Å². The molecular formula is C18H17NO3. The topological polar surface area (TPSA) is 62.3 Å². The van der Waals surface area contributed by atoms with E-state index in [1.165, 1.54) is 0 Å². The maximum atomic E-state index is 10.2. The number of phenolic OH excluding ortho intramolecular Hbond substituents is 1. The molecule has 22 heavy (non-hydrogen) atoms. The Hall–Kier alpha value is -2.75. The van der Waals surface area contributed by atoms with E-state index in [1.807, 2.05) is 13.0 Å². The van der Waals surface area contributed by atoms with Crippen molar-refractivity contribution in [1.29, 1.82) is 0 Å². The van der Waals surface area contributed by atoms with E-state index in [4.69, 9.17) is 4.74 Å². The van der Waals surface area contributed by atoms with Crippen LogP contribution in [0.4, 0.5) is 0 Å². The highest BCUT2D eigenvalue weighted by atomic mass is 16.5. The van der Waals surface area contributed by atoms with Gasteiger partial charge in [-0.1, -0.05) is 18.2 Å². The standard InChI is InChI=1S/C18H17NO3/c1-12-8-16(21)4-5-17(12)13-2-3-14-9-15(6-7-22-11-20)19-18(14)10-13/h2-5,8-11,19,21H,6-7H2,1H3. The van der Waals surface area contributed by atoms with Crippen LogP contribution in [0.5, 0.6) is 5.75 Å². The molecule has 0 atom stereocenters. The smallest absolute Gasteiger partial charge is 0.293 e. The van der Waals surface area contributed by atoms with E-state index in [1.54, 1.807) is 12.1 Å². The van der Waals surface area contributed by atoms with Crippen LogP contribution >= 0.6 is 0 Å². The van der Waals surface area contributed by atoms with E-state index in [0.717, 1.165) is 33.3 Å². The lowest BCUT2D eigenvalue weighted by Gasteiger charge is -2.06. The quantitative estimate of drug-likeness (QED) is 0.559. The molecule has 1 aromatic heterocycles. The number of fused-ring (bicyclic) bond motifs is 1. The molecule has 3 aromatic rings. The van der Waals surface area contributed by atoms with Gasteiger partial charge in [0.15, 0.2) is 0 Å². The Bertz CT molecular complexity index is 820. The number of aromatic amines is 1. The normalized spacial score (nSPS) is 10.8. The highest BCUT2D eigenvalue weighted by Crippen LogP contribution is 2.29. The Morgan fingerprint density at radius 1 is 1.18 bits per heavy atom. The lowest BCUT2D eigenvalue weighted by Crippen LogP contribution is -1.96. The number of carbonyl (C=O) groups excluding carboxylic acids is 1. The van der Waals surface area contributed by atoms with Gasteiger partial charge >= 0.3 is 0 Å². The van der Waals surface area contributed by atoms with Crippen molar-refractivity contribution in [3.63, 3.8) is 0 Å². The second-order valence-corrected chi connectivity index (χ2v) is 5.31. The number of nitrogens with one attached hydrogen (secondary N) is 1. The number of aromatic nitrogens is 1. The first-order chi connectivity index (χ1) is 10.7. The molecule has 4 heteroatoms. The van der Waals surface area contributed by atoms with Crippen LogP contribution in [0.1, 0.15) is 11.3 Å². The number of benzene rings is 2. The van der Waals surface area contributed by atoms with Crippen LogP contribution in [0.15, 0.2) is 42.5 Å². The molecule has 0 aliphatic carbocycles. The Labute approximate surface area is 128 Å². The first-order valence-electron chi connectivity index (χ1n) is 7.14. The van der Waals surface area contributed by atoms with Gasteiger partial charge in [-0.25, -0.2) is 0 Å². The van der Waals surface area contributed by atoms with Crippen LogP contribution in [0.25, 0.3) is 22.0 Å². The van der Waals surface area contributed by atoms with E-state index in [-0.39, 0.29) is 5.75 Å². The zero-order valence-electron chi connectivity index (χ0n) is 12.3. The maximum absolute atomic E-state index is 10.2. The summed E-state index contributed by atoms with van der Waals surface area (Å²) in [7, 11) is 0. The number of aromatic hydroxyl groups is 1. The fourth-order valence-corrected chi connectivity index (χ4v) is 2.68. The van der Waals surface area contributed by atoms with Gasteiger partial charge < -0.3 is 14.8 Å². The summed E-state index contributed by atoms with van der Waals surface area (Å²) in [5.74, 6) is 0.277. The highest BCUT2D eigenvalue weighted by Gasteiger charge is 2.06. The SMILES string of the molecule is Cc1cc(O)ccc1-c1ccc2cc(CCOC=O)[nH]c2c1. The fourth-order valence-electron chi connectivity index (χ4n) is 2.68. The summed E-state index contributed by atoms with van der Waals surface area (Å²) in [4.78, 5) is 13.5. The maximum Gasteiger partial charge on any atom is 0.293 e. The van der Waals surface area contributed by atoms with Gasteiger partial charge in [0.05, 0.1) is 6.61 Å². The van der Waals surface area contributed by atoms with E-state index >= 15 is 0 Å². The average Bonchev–Trinajstić information content (AvgIpc) is 2.89. The first-order valence-corrected chi connectivity index (χ1v) is 7.14. The Morgan fingerprint density at radius 2 is 2.05 bits per heavy atom. The molecule has 0 spiro atoms. The number of hydrogen-bond donors (Lipinski definition) is 2. The monoisotopic (exact) mass is 295 g/mol. The van der Waals surface area contributed by atoms with Gasteiger partial charge in [0.25, 0.3) is 6.47 Å². The van der Waals surface area contributed by atoms with Crippen molar-refractivity contribution < 1.29 is 14.6 Å². The number of phenols is 1. The minimum atomic E-state index is 0.277. The fraction of sp³-hybridized carbons (Fsp3) is 0.167. The summed E-state index contributed by atoms with van der Waals surface area (Å²) < 4.78 is 4.73. The van der Waals surface area contributed by atoms with Gasteiger partial charge in [-0.2, -0.15) is 0 Å². The third kappa shape index (κ3) is 2.81. The molecule has 4 nitrogen and oxygen atoms in total. The molecule has 1 heterocycles. The molecule has 0 bridgehead atoms. The second kappa shape index (κ2) is 5.93. The van der Waals surface area contributed by atoms with Crippen LogP contribution in [0.2, 0.25) is 0 Å². The summed E-state index contributed by atoms with van der Waals surface area (Å²) in [6.07, 6.45) is 0.668. The molecule has 0 fully saturated rings. The van der Waals surface area contributed by atoms with Crippen molar-refractivity contribution in [2.75, 3.05) is 6.61 Å². The van der Waals surface area contributed by atoms with Crippen molar-refractivity contribution in [3.8, 4) is 16.9 Å². The van der Waals surface area contributed by atoms with Crippen molar-refractivity contribution in [3.05, 3.63) is 53.7 Å². The molecule has 0 saturated carbocycles. The van der Waals surface area contributed by atoms with Gasteiger partial charge in [0.1, 0.15) is 5.75 Å². The molecule has 0 aliphatic rings. The number of H-pyrrole nitrogens is 1. The predicted molar refractivity (Wildman–Crippen MR) is 85.9 cm³/mol. The molecule has 3 rings (SSSR count). The number of aryl methyl sites for hydroxylation is 1. The Kier molecular flexibility index (Phi) is 3.83. The molecule has 2 N–H and O–H groups in total. The largest absolute Gasteiger partial charge is 0.508 e. The Balaban J connectivity index is 1.93. The van der Waals surface area contributed by atoms with E-state index in [9.17, 15) is 9.90 Å². The number of rotatable bonds is 5. The molecule has 0 aliphatic heterocycles. The molecule has 0 radical (unpaired) electrons. The number of hydrogen-bond acceptors (Lipinski definition) is 3. The van der Waals surface area contributed by atoms with Crippen molar-refractivity contribution >= 4 is 17.4 Å². The molecular weight excluding hydrogens is 278 g/mol. The summed E-state index contributed by atoms with van der Waals surface area (Å²) in [6.45, 7) is 2.82. The van der Waals surface area contributed by atoms with Gasteiger partial charge in [-0.05, 0) is 53.3 Å².